The average molecular weight is 208 g/mol. The molecule has 0 aliphatic rings. The SMILES string of the molecule is CCCCCCCc1cc(C)cc(=O)o1. The highest BCUT2D eigenvalue weighted by Gasteiger charge is 1.98. The molecule has 0 radical (unpaired) electrons. The predicted molar refractivity (Wildman–Crippen MR) is 62.2 cm³/mol. The molecule has 0 aromatic carbocycles. The van der Waals surface area contributed by atoms with Crippen molar-refractivity contribution in [3.63, 3.8) is 0 Å². The number of hydrogen-bond acceptors (Lipinski definition) is 2. The Balaban J connectivity index is 2.34. The molecule has 15 heavy (non-hydrogen) atoms. The highest BCUT2D eigenvalue weighted by molar-refractivity contribution is 5.11. The highest BCUT2D eigenvalue weighted by atomic mass is 16.4. The lowest BCUT2D eigenvalue weighted by molar-refractivity contribution is 0.447. The summed E-state index contributed by atoms with van der Waals surface area (Å²) in [5.41, 5.74) is 0.772. The van der Waals surface area contributed by atoms with Crippen LogP contribution in [0.25, 0.3) is 0 Å². The quantitative estimate of drug-likeness (QED) is 0.670. The van der Waals surface area contributed by atoms with Gasteiger partial charge in [-0.2, -0.15) is 0 Å². The zero-order chi connectivity index (χ0) is 11.1. The van der Waals surface area contributed by atoms with Crippen molar-refractivity contribution in [2.24, 2.45) is 0 Å². The number of aryl methyl sites for hydroxylation is 2. The smallest absolute Gasteiger partial charge is 0.336 e. The molecule has 2 nitrogen and oxygen atoms in total. The molecular formula is C13H20O2. The monoisotopic (exact) mass is 208 g/mol. The van der Waals surface area contributed by atoms with Crippen molar-refractivity contribution in [1.29, 1.82) is 0 Å². The second-order valence-corrected chi connectivity index (χ2v) is 4.08. The molecule has 0 saturated heterocycles. The van der Waals surface area contributed by atoms with Gasteiger partial charge in [0.1, 0.15) is 5.76 Å². The van der Waals surface area contributed by atoms with Crippen LogP contribution < -0.4 is 5.63 Å². The molecule has 0 aliphatic heterocycles. The third-order valence-electron chi connectivity index (χ3n) is 2.49. The minimum Gasteiger partial charge on any atom is -0.428 e. The second kappa shape index (κ2) is 6.44. The van der Waals surface area contributed by atoms with Gasteiger partial charge in [-0.05, 0) is 25.0 Å². The molecule has 1 rings (SSSR count). The highest BCUT2D eigenvalue weighted by Crippen LogP contribution is 2.08. The van der Waals surface area contributed by atoms with Gasteiger partial charge in [-0.25, -0.2) is 4.79 Å². The zero-order valence-corrected chi connectivity index (χ0v) is 9.71. The maximum atomic E-state index is 11.1. The Hall–Kier alpha value is -1.05. The van der Waals surface area contributed by atoms with Crippen LogP contribution >= 0.6 is 0 Å². The summed E-state index contributed by atoms with van der Waals surface area (Å²) >= 11 is 0. The number of hydrogen-bond donors (Lipinski definition) is 0. The fourth-order valence-electron chi connectivity index (χ4n) is 1.70. The molecule has 0 spiro atoms. The summed E-state index contributed by atoms with van der Waals surface area (Å²) in [5.74, 6) is 0.830. The molecule has 0 amide bonds. The lowest BCUT2D eigenvalue weighted by Crippen LogP contribution is -2.00. The standard InChI is InChI=1S/C13H20O2/c1-3-4-5-6-7-8-12-9-11(2)10-13(14)15-12/h9-10H,3-8H2,1-2H3. The molecule has 0 atom stereocenters. The van der Waals surface area contributed by atoms with Gasteiger partial charge < -0.3 is 4.42 Å². The Labute approximate surface area is 91.3 Å². The van der Waals surface area contributed by atoms with Crippen LogP contribution in [0.2, 0.25) is 0 Å². The molecule has 2 heteroatoms. The first-order chi connectivity index (χ1) is 7.22. The topological polar surface area (TPSA) is 30.2 Å². The van der Waals surface area contributed by atoms with Crippen molar-refractivity contribution in [3.05, 3.63) is 33.9 Å². The Morgan fingerprint density at radius 3 is 2.53 bits per heavy atom. The van der Waals surface area contributed by atoms with Gasteiger partial charge in [-0.15, -0.1) is 0 Å². The van der Waals surface area contributed by atoms with E-state index in [4.69, 9.17) is 4.42 Å². The number of rotatable bonds is 6. The molecule has 0 bridgehead atoms. The van der Waals surface area contributed by atoms with Crippen LogP contribution in [0.5, 0.6) is 0 Å². The Morgan fingerprint density at radius 2 is 1.87 bits per heavy atom. The van der Waals surface area contributed by atoms with E-state index in [0.717, 1.165) is 24.2 Å². The van der Waals surface area contributed by atoms with E-state index < -0.39 is 0 Å². The van der Waals surface area contributed by atoms with Crippen molar-refractivity contribution >= 4 is 0 Å². The lowest BCUT2D eigenvalue weighted by atomic mass is 10.1. The van der Waals surface area contributed by atoms with Gasteiger partial charge in [0.25, 0.3) is 0 Å². The summed E-state index contributed by atoms with van der Waals surface area (Å²) < 4.78 is 5.11. The lowest BCUT2D eigenvalue weighted by Gasteiger charge is -2.01. The van der Waals surface area contributed by atoms with Crippen LogP contribution in [-0.4, -0.2) is 0 Å². The third kappa shape index (κ3) is 4.82. The average Bonchev–Trinajstić information content (AvgIpc) is 2.16. The summed E-state index contributed by atoms with van der Waals surface area (Å²) in [7, 11) is 0. The Morgan fingerprint density at radius 1 is 1.13 bits per heavy atom. The maximum absolute atomic E-state index is 11.1. The van der Waals surface area contributed by atoms with Crippen LogP contribution in [0.1, 0.15) is 50.4 Å². The van der Waals surface area contributed by atoms with Gasteiger partial charge in [0, 0.05) is 12.5 Å². The van der Waals surface area contributed by atoms with Gasteiger partial charge >= 0.3 is 5.63 Å². The molecule has 1 aromatic heterocycles. The van der Waals surface area contributed by atoms with Gasteiger partial charge in [0.05, 0.1) is 0 Å². The van der Waals surface area contributed by atoms with Crippen molar-refractivity contribution < 1.29 is 4.42 Å². The van der Waals surface area contributed by atoms with Crippen LogP contribution in [0, 0.1) is 6.92 Å². The predicted octanol–water partition coefficient (Wildman–Crippen LogP) is 3.46. The molecule has 1 heterocycles. The van der Waals surface area contributed by atoms with Crippen molar-refractivity contribution in [3.8, 4) is 0 Å². The fourth-order valence-corrected chi connectivity index (χ4v) is 1.70. The first-order valence-corrected chi connectivity index (χ1v) is 5.83. The van der Waals surface area contributed by atoms with Gasteiger partial charge in [-0.3, -0.25) is 0 Å². The normalized spacial score (nSPS) is 10.5. The summed E-state index contributed by atoms with van der Waals surface area (Å²) in [6, 6.07) is 3.49. The first kappa shape index (κ1) is 12.0. The van der Waals surface area contributed by atoms with Crippen LogP contribution in [0.3, 0.4) is 0 Å². The van der Waals surface area contributed by atoms with E-state index in [9.17, 15) is 4.79 Å². The van der Waals surface area contributed by atoms with E-state index in [2.05, 4.69) is 6.92 Å². The summed E-state index contributed by atoms with van der Waals surface area (Å²) in [6.45, 7) is 4.14. The number of unbranched alkanes of at least 4 members (excludes halogenated alkanes) is 4. The maximum Gasteiger partial charge on any atom is 0.336 e. The van der Waals surface area contributed by atoms with Crippen LogP contribution in [0.15, 0.2) is 21.3 Å². The molecular weight excluding hydrogens is 188 g/mol. The molecule has 0 N–H and O–H groups in total. The minimum atomic E-state index is -0.224. The van der Waals surface area contributed by atoms with E-state index >= 15 is 0 Å². The Bertz CT molecular complexity index is 339. The van der Waals surface area contributed by atoms with Crippen LogP contribution in [-0.2, 0) is 6.42 Å². The third-order valence-corrected chi connectivity index (χ3v) is 2.49. The van der Waals surface area contributed by atoms with E-state index in [1.165, 1.54) is 31.7 Å². The van der Waals surface area contributed by atoms with Gasteiger partial charge in [0.15, 0.2) is 0 Å². The molecule has 0 fully saturated rings. The zero-order valence-electron chi connectivity index (χ0n) is 9.71. The van der Waals surface area contributed by atoms with Gasteiger partial charge in [0.2, 0.25) is 0 Å². The molecule has 0 saturated carbocycles. The van der Waals surface area contributed by atoms with Crippen LogP contribution in [0.4, 0.5) is 0 Å². The summed E-state index contributed by atoms with van der Waals surface area (Å²) in [6.07, 6.45) is 7.09. The summed E-state index contributed by atoms with van der Waals surface area (Å²) in [4.78, 5) is 11.1. The molecule has 0 aliphatic carbocycles. The van der Waals surface area contributed by atoms with Crippen molar-refractivity contribution in [1.82, 2.24) is 0 Å². The van der Waals surface area contributed by atoms with E-state index in [1.54, 1.807) is 0 Å². The molecule has 1 aromatic rings. The molecule has 0 unspecified atom stereocenters. The molecule has 84 valence electrons. The van der Waals surface area contributed by atoms with Crippen molar-refractivity contribution in [2.75, 3.05) is 0 Å². The fraction of sp³-hybridized carbons (Fsp3) is 0.615. The first-order valence-electron chi connectivity index (χ1n) is 5.83. The minimum absolute atomic E-state index is 0.224. The van der Waals surface area contributed by atoms with Crippen molar-refractivity contribution in [2.45, 2.75) is 52.4 Å². The van der Waals surface area contributed by atoms with Gasteiger partial charge in [-0.1, -0.05) is 32.6 Å². The largest absolute Gasteiger partial charge is 0.428 e. The summed E-state index contributed by atoms with van der Waals surface area (Å²) in [5, 5.41) is 0. The van der Waals surface area contributed by atoms with E-state index in [-0.39, 0.29) is 5.63 Å². The Kier molecular flexibility index (Phi) is 5.16. The van der Waals surface area contributed by atoms with E-state index in [0.29, 0.717) is 0 Å². The van der Waals surface area contributed by atoms with E-state index in [1.807, 2.05) is 13.0 Å². The second-order valence-electron chi connectivity index (χ2n) is 4.08.